The molecular weight excluding hydrogens is 390 g/mol. The number of halogens is 5. The van der Waals surface area contributed by atoms with Crippen molar-refractivity contribution in [1.82, 2.24) is 4.90 Å². The molecule has 2 atom stereocenters. The monoisotopic (exact) mass is 413 g/mol. The van der Waals surface area contributed by atoms with Crippen LogP contribution in [0.15, 0.2) is 24.3 Å². The van der Waals surface area contributed by atoms with Crippen molar-refractivity contribution in [2.24, 2.45) is 11.7 Å². The van der Waals surface area contributed by atoms with Crippen molar-refractivity contribution in [3.8, 4) is 0 Å². The molecule has 1 aromatic carbocycles. The Morgan fingerprint density at radius 1 is 1.08 bits per heavy atom. The first-order valence-electron chi connectivity index (χ1n) is 8.31. The highest BCUT2D eigenvalue weighted by Gasteiger charge is 2.33. The molecule has 1 aromatic rings. The summed E-state index contributed by atoms with van der Waals surface area (Å²) in [5.41, 5.74) is 5.78. The van der Waals surface area contributed by atoms with Crippen LogP contribution in [0.5, 0.6) is 0 Å². The Hall–Kier alpha value is -1.18. The number of benzene rings is 1. The molecule has 2 unspecified atom stereocenters. The standard InChI is InChI=1S/C17H22F3N3O.2ClH/c18-17(19,20)13-2-1-3-15(11-13)22-6-8-23(9-7-22)16(24)12-4-5-14(21)10-12;;/h1-3,11-12,14H,4-10,21H2;2*1H. The van der Waals surface area contributed by atoms with Gasteiger partial charge in [-0.25, -0.2) is 0 Å². The zero-order chi connectivity index (χ0) is 17.3. The maximum atomic E-state index is 12.8. The van der Waals surface area contributed by atoms with Crippen LogP contribution in [0.25, 0.3) is 0 Å². The van der Waals surface area contributed by atoms with E-state index in [-0.39, 0.29) is 42.7 Å². The first kappa shape index (κ1) is 22.9. The molecule has 9 heteroatoms. The van der Waals surface area contributed by atoms with Crippen molar-refractivity contribution in [2.75, 3.05) is 31.1 Å². The lowest BCUT2D eigenvalue weighted by atomic mass is 10.1. The molecule has 1 aliphatic heterocycles. The fourth-order valence-corrected chi connectivity index (χ4v) is 3.56. The van der Waals surface area contributed by atoms with Crippen LogP contribution in [0.3, 0.4) is 0 Å². The smallest absolute Gasteiger partial charge is 0.368 e. The van der Waals surface area contributed by atoms with Gasteiger partial charge in [0.05, 0.1) is 5.56 Å². The normalized spacial score (nSPS) is 23.2. The number of carbonyl (C=O) groups excluding carboxylic acids is 1. The van der Waals surface area contributed by atoms with Gasteiger partial charge in [0, 0.05) is 43.8 Å². The van der Waals surface area contributed by atoms with Crippen LogP contribution in [0, 0.1) is 5.92 Å². The molecule has 0 aromatic heterocycles. The minimum atomic E-state index is -4.34. The predicted octanol–water partition coefficient (Wildman–Crippen LogP) is 3.33. The number of carbonyl (C=O) groups is 1. The Morgan fingerprint density at radius 3 is 2.27 bits per heavy atom. The summed E-state index contributed by atoms with van der Waals surface area (Å²) in [7, 11) is 0. The van der Waals surface area contributed by atoms with Gasteiger partial charge in [-0.05, 0) is 37.5 Å². The van der Waals surface area contributed by atoms with Crippen molar-refractivity contribution in [3.63, 3.8) is 0 Å². The molecular formula is C17H24Cl2F3N3O. The summed E-state index contributed by atoms with van der Waals surface area (Å²) in [6.07, 6.45) is -1.86. The number of amides is 1. The van der Waals surface area contributed by atoms with Gasteiger partial charge in [-0.2, -0.15) is 13.2 Å². The maximum Gasteiger partial charge on any atom is 0.416 e. The fourth-order valence-electron chi connectivity index (χ4n) is 3.56. The molecule has 0 spiro atoms. The second kappa shape index (κ2) is 9.15. The SMILES string of the molecule is Cl.Cl.NC1CCC(C(=O)N2CCN(c3cccc(C(F)(F)F)c3)CC2)C1. The van der Waals surface area contributed by atoms with E-state index in [9.17, 15) is 18.0 Å². The number of hydrogen-bond donors (Lipinski definition) is 1. The van der Waals surface area contributed by atoms with E-state index in [1.807, 2.05) is 9.80 Å². The molecule has 1 amide bonds. The van der Waals surface area contributed by atoms with Gasteiger partial charge in [-0.15, -0.1) is 24.8 Å². The molecule has 2 aliphatic rings. The molecule has 4 nitrogen and oxygen atoms in total. The molecule has 1 saturated heterocycles. The van der Waals surface area contributed by atoms with Crippen molar-refractivity contribution >= 4 is 36.4 Å². The first-order valence-corrected chi connectivity index (χ1v) is 8.31. The van der Waals surface area contributed by atoms with E-state index < -0.39 is 11.7 Å². The third kappa shape index (κ3) is 5.18. The van der Waals surface area contributed by atoms with Crippen molar-refractivity contribution in [2.45, 2.75) is 31.5 Å². The summed E-state index contributed by atoms with van der Waals surface area (Å²) < 4.78 is 38.5. The van der Waals surface area contributed by atoms with Gasteiger partial charge >= 0.3 is 6.18 Å². The first-order chi connectivity index (χ1) is 11.3. The van der Waals surface area contributed by atoms with Crippen LogP contribution in [0.1, 0.15) is 24.8 Å². The average Bonchev–Trinajstić information content (AvgIpc) is 3.00. The molecule has 2 N–H and O–H groups in total. The number of hydrogen-bond acceptors (Lipinski definition) is 3. The zero-order valence-corrected chi connectivity index (χ0v) is 15.9. The van der Waals surface area contributed by atoms with Crippen molar-refractivity contribution in [1.29, 1.82) is 0 Å². The lowest BCUT2D eigenvalue weighted by molar-refractivity contribution is -0.137. The second-order valence-electron chi connectivity index (χ2n) is 6.63. The Labute approximate surface area is 163 Å². The van der Waals surface area contributed by atoms with Crippen LogP contribution >= 0.6 is 24.8 Å². The number of nitrogens with two attached hydrogens (primary N) is 1. The lowest BCUT2D eigenvalue weighted by Gasteiger charge is -2.37. The highest BCUT2D eigenvalue weighted by atomic mass is 35.5. The van der Waals surface area contributed by atoms with Crippen LogP contribution in [-0.4, -0.2) is 43.0 Å². The predicted molar refractivity (Wildman–Crippen MR) is 100 cm³/mol. The summed E-state index contributed by atoms with van der Waals surface area (Å²) in [5, 5.41) is 0. The summed E-state index contributed by atoms with van der Waals surface area (Å²) in [5.74, 6) is 0.159. The summed E-state index contributed by atoms with van der Waals surface area (Å²) in [6, 6.07) is 5.48. The number of alkyl halides is 3. The third-order valence-corrected chi connectivity index (χ3v) is 4.95. The summed E-state index contributed by atoms with van der Waals surface area (Å²) in [6.45, 7) is 2.18. The highest BCUT2D eigenvalue weighted by Crippen LogP contribution is 2.32. The van der Waals surface area contributed by atoms with Gasteiger partial charge < -0.3 is 15.5 Å². The summed E-state index contributed by atoms with van der Waals surface area (Å²) in [4.78, 5) is 16.2. The Morgan fingerprint density at radius 2 is 1.73 bits per heavy atom. The van der Waals surface area contributed by atoms with E-state index in [2.05, 4.69) is 0 Å². The van der Waals surface area contributed by atoms with Gasteiger partial charge in [0.15, 0.2) is 0 Å². The van der Waals surface area contributed by atoms with Crippen LogP contribution in [0.4, 0.5) is 18.9 Å². The fraction of sp³-hybridized carbons (Fsp3) is 0.588. The lowest BCUT2D eigenvalue weighted by Crippen LogP contribution is -2.50. The van der Waals surface area contributed by atoms with E-state index in [1.54, 1.807) is 6.07 Å². The molecule has 148 valence electrons. The summed E-state index contributed by atoms with van der Waals surface area (Å²) >= 11 is 0. The molecule has 3 rings (SSSR count). The minimum Gasteiger partial charge on any atom is -0.368 e. The minimum absolute atomic E-state index is 0. The third-order valence-electron chi connectivity index (χ3n) is 4.95. The quantitative estimate of drug-likeness (QED) is 0.808. The molecule has 2 fully saturated rings. The van der Waals surface area contributed by atoms with Gasteiger partial charge in [0.2, 0.25) is 5.91 Å². The Balaban J connectivity index is 0.00000169. The van der Waals surface area contributed by atoms with Crippen molar-refractivity contribution < 1.29 is 18.0 Å². The molecule has 0 radical (unpaired) electrons. The van der Waals surface area contributed by atoms with Gasteiger partial charge in [0.1, 0.15) is 0 Å². The number of rotatable bonds is 2. The Bertz CT molecular complexity index is 607. The number of anilines is 1. The number of nitrogens with zero attached hydrogens (tertiary/aromatic N) is 2. The maximum absolute atomic E-state index is 12.8. The Kier molecular flexibility index (Phi) is 8.04. The van der Waals surface area contributed by atoms with Crippen LogP contribution < -0.4 is 10.6 Å². The number of piperazine rings is 1. The largest absolute Gasteiger partial charge is 0.416 e. The molecule has 1 saturated carbocycles. The molecule has 0 bridgehead atoms. The van der Waals surface area contributed by atoms with Crippen LogP contribution in [0.2, 0.25) is 0 Å². The second-order valence-corrected chi connectivity index (χ2v) is 6.63. The highest BCUT2D eigenvalue weighted by molar-refractivity contribution is 5.85. The van der Waals surface area contributed by atoms with Crippen molar-refractivity contribution in [3.05, 3.63) is 29.8 Å². The topological polar surface area (TPSA) is 49.6 Å². The van der Waals surface area contributed by atoms with Crippen LogP contribution in [-0.2, 0) is 11.0 Å². The van der Waals surface area contributed by atoms with E-state index in [0.717, 1.165) is 25.3 Å². The molecule has 26 heavy (non-hydrogen) atoms. The zero-order valence-electron chi connectivity index (χ0n) is 14.2. The van der Waals surface area contributed by atoms with E-state index in [1.165, 1.54) is 12.1 Å². The average molecular weight is 414 g/mol. The van der Waals surface area contributed by atoms with E-state index in [4.69, 9.17) is 5.73 Å². The molecule has 1 aliphatic carbocycles. The molecule has 1 heterocycles. The van der Waals surface area contributed by atoms with Gasteiger partial charge in [0.25, 0.3) is 0 Å². The van der Waals surface area contributed by atoms with Gasteiger partial charge in [-0.1, -0.05) is 6.07 Å². The van der Waals surface area contributed by atoms with E-state index in [0.29, 0.717) is 31.9 Å². The van der Waals surface area contributed by atoms with E-state index >= 15 is 0 Å². The van der Waals surface area contributed by atoms with Gasteiger partial charge in [-0.3, -0.25) is 4.79 Å².